The van der Waals surface area contributed by atoms with Gasteiger partial charge < -0.3 is 9.84 Å². The van der Waals surface area contributed by atoms with E-state index < -0.39 is 5.97 Å². The second kappa shape index (κ2) is 5.96. The average Bonchev–Trinajstić information content (AvgIpc) is 2.93. The van der Waals surface area contributed by atoms with Crippen molar-refractivity contribution in [3.8, 4) is 17.0 Å². The standard InChI is InChI=1S/C18H16N2O3/c1-12-4-3-5-16-19-18(13-6-8-14(23-2)9-7-13)15(20(12)16)10-11-17(21)22/h3-11H,1-2H3,(H,21,22)/b11-10+. The van der Waals surface area contributed by atoms with Gasteiger partial charge in [0.15, 0.2) is 0 Å². The van der Waals surface area contributed by atoms with Crippen LogP contribution in [0.3, 0.4) is 0 Å². The molecule has 0 aliphatic heterocycles. The number of carboxylic acids is 1. The van der Waals surface area contributed by atoms with Gasteiger partial charge in [-0.2, -0.15) is 0 Å². The number of nitrogens with zero attached hydrogens (tertiary/aromatic N) is 2. The van der Waals surface area contributed by atoms with Crippen LogP contribution in [0.25, 0.3) is 23.0 Å². The minimum atomic E-state index is -0.991. The number of hydrogen-bond donors (Lipinski definition) is 1. The summed E-state index contributed by atoms with van der Waals surface area (Å²) in [4.78, 5) is 15.6. The van der Waals surface area contributed by atoms with Gasteiger partial charge in [-0.3, -0.25) is 4.40 Å². The molecule has 2 aromatic heterocycles. The van der Waals surface area contributed by atoms with E-state index in [1.807, 2.05) is 53.8 Å². The van der Waals surface area contributed by atoms with Crippen LogP contribution >= 0.6 is 0 Å². The molecule has 0 saturated heterocycles. The number of pyridine rings is 1. The number of fused-ring (bicyclic) bond motifs is 1. The Hall–Kier alpha value is -3.08. The molecule has 0 saturated carbocycles. The number of aryl methyl sites for hydroxylation is 1. The third-order valence-corrected chi connectivity index (χ3v) is 3.62. The van der Waals surface area contributed by atoms with Crippen LogP contribution in [0, 0.1) is 6.92 Å². The third kappa shape index (κ3) is 2.81. The Bertz CT molecular complexity index is 893. The van der Waals surface area contributed by atoms with Crippen molar-refractivity contribution in [3.63, 3.8) is 0 Å². The van der Waals surface area contributed by atoms with Crippen molar-refractivity contribution in [2.75, 3.05) is 7.11 Å². The molecule has 23 heavy (non-hydrogen) atoms. The Labute approximate surface area is 133 Å². The zero-order chi connectivity index (χ0) is 16.4. The van der Waals surface area contributed by atoms with Crippen molar-refractivity contribution in [3.05, 3.63) is 59.9 Å². The summed E-state index contributed by atoms with van der Waals surface area (Å²) in [6.45, 7) is 1.96. The fourth-order valence-corrected chi connectivity index (χ4v) is 2.55. The van der Waals surface area contributed by atoms with Gasteiger partial charge in [0.25, 0.3) is 0 Å². The lowest BCUT2D eigenvalue weighted by molar-refractivity contribution is -0.131. The van der Waals surface area contributed by atoms with Gasteiger partial charge in [-0.05, 0) is 49.4 Å². The molecule has 0 aliphatic rings. The number of imidazole rings is 1. The molecule has 0 amide bonds. The molecule has 0 atom stereocenters. The normalized spacial score (nSPS) is 11.2. The van der Waals surface area contributed by atoms with Crippen molar-refractivity contribution in [2.24, 2.45) is 0 Å². The predicted molar refractivity (Wildman–Crippen MR) is 88.6 cm³/mol. The first-order chi connectivity index (χ1) is 11.1. The topological polar surface area (TPSA) is 63.8 Å². The molecule has 0 bridgehead atoms. The van der Waals surface area contributed by atoms with E-state index in [0.29, 0.717) is 0 Å². The average molecular weight is 308 g/mol. The van der Waals surface area contributed by atoms with E-state index in [1.54, 1.807) is 13.2 Å². The fourth-order valence-electron chi connectivity index (χ4n) is 2.55. The molecule has 0 aliphatic carbocycles. The maximum absolute atomic E-state index is 10.9. The van der Waals surface area contributed by atoms with E-state index in [-0.39, 0.29) is 0 Å². The smallest absolute Gasteiger partial charge is 0.328 e. The summed E-state index contributed by atoms with van der Waals surface area (Å²) >= 11 is 0. The lowest BCUT2D eigenvalue weighted by Crippen LogP contribution is -1.94. The largest absolute Gasteiger partial charge is 0.497 e. The van der Waals surface area contributed by atoms with Gasteiger partial charge in [-0.15, -0.1) is 0 Å². The van der Waals surface area contributed by atoms with E-state index in [2.05, 4.69) is 4.98 Å². The number of hydrogen-bond acceptors (Lipinski definition) is 3. The first-order valence-corrected chi connectivity index (χ1v) is 7.13. The van der Waals surface area contributed by atoms with Gasteiger partial charge in [-0.25, -0.2) is 9.78 Å². The Morgan fingerprint density at radius 1 is 1.22 bits per heavy atom. The monoisotopic (exact) mass is 308 g/mol. The van der Waals surface area contributed by atoms with Gasteiger partial charge >= 0.3 is 5.97 Å². The molecule has 116 valence electrons. The summed E-state index contributed by atoms with van der Waals surface area (Å²) in [5, 5.41) is 8.95. The van der Waals surface area contributed by atoms with Crippen LogP contribution in [-0.4, -0.2) is 27.6 Å². The minimum absolute atomic E-state index is 0.736. The third-order valence-electron chi connectivity index (χ3n) is 3.62. The van der Waals surface area contributed by atoms with Gasteiger partial charge in [0.05, 0.1) is 18.5 Å². The van der Waals surface area contributed by atoms with E-state index >= 15 is 0 Å². The molecule has 3 aromatic rings. The first-order valence-electron chi connectivity index (χ1n) is 7.13. The molecule has 0 spiro atoms. The number of methoxy groups -OCH3 is 1. The highest BCUT2D eigenvalue weighted by Gasteiger charge is 2.13. The van der Waals surface area contributed by atoms with E-state index in [0.717, 1.165) is 40.1 Å². The van der Waals surface area contributed by atoms with Crippen LogP contribution < -0.4 is 4.74 Å². The number of aromatic nitrogens is 2. The van der Waals surface area contributed by atoms with Crippen molar-refractivity contribution in [1.29, 1.82) is 0 Å². The molecule has 5 heteroatoms. The summed E-state index contributed by atoms with van der Waals surface area (Å²) < 4.78 is 7.12. The van der Waals surface area contributed by atoms with Crippen LogP contribution in [-0.2, 0) is 4.79 Å². The van der Waals surface area contributed by atoms with Crippen molar-refractivity contribution in [2.45, 2.75) is 6.92 Å². The molecular formula is C18H16N2O3. The van der Waals surface area contributed by atoms with Crippen molar-refractivity contribution < 1.29 is 14.6 Å². The summed E-state index contributed by atoms with van der Waals surface area (Å²) in [6, 6.07) is 13.3. The zero-order valence-electron chi connectivity index (χ0n) is 12.9. The van der Waals surface area contributed by atoms with Crippen LogP contribution in [0.15, 0.2) is 48.5 Å². The Kier molecular flexibility index (Phi) is 3.85. The lowest BCUT2D eigenvalue weighted by atomic mass is 10.1. The number of carboxylic acid groups (broad SMARTS) is 1. The number of rotatable bonds is 4. The highest BCUT2D eigenvalue weighted by atomic mass is 16.5. The van der Waals surface area contributed by atoms with E-state index in [9.17, 15) is 4.79 Å². The Balaban J connectivity index is 2.24. The number of ether oxygens (including phenoxy) is 1. The van der Waals surface area contributed by atoms with Crippen LogP contribution in [0.2, 0.25) is 0 Å². The first kappa shape index (κ1) is 14.8. The van der Waals surface area contributed by atoms with Crippen molar-refractivity contribution in [1.82, 2.24) is 9.38 Å². The second-order valence-electron chi connectivity index (χ2n) is 5.11. The Morgan fingerprint density at radius 3 is 2.61 bits per heavy atom. The SMILES string of the molecule is COc1ccc(-c2nc3cccc(C)n3c2/C=C/C(=O)O)cc1. The molecule has 1 N–H and O–H groups in total. The second-order valence-corrected chi connectivity index (χ2v) is 5.11. The van der Waals surface area contributed by atoms with Crippen LogP contribution in [0.5, 0.6) is 5.75 Å². The van der Waals surface area contributed by atoms with Crippen LogP contribution in [0.1, 0.15) is 11.4 Å². The number of benzene rings is 1. The van der Waals surface area contributed by atoms with E-state index in [4.69, 9.17) is 9.84 Å². The molecule has 1 aromatic carbocycles. The molecular weight excluding hydrogens is 292 g/mol. The maximum atomic E-state index is 10.9. The lowest BCUT2D eigenvalue weighted by Gasteiger charge is -2.04. The summed E-state index contributed by atoms with van der Waals surface area (Å²) in [5.74, 6) is -0.231. The summed E-state index contributed by atoms with van der Waals surface area (Å²) in [6.07, 6.45) is 2.71. The zero-order valence-corrected chi connectivity index (χ0v) is 12.9. The molecule has 2 heterocycles. The highest BCUT2D eigenvalue weighted by Crippen LogP contribution is 2.28. The van der Waals surface area contributed by atoms with Crippen molar-refractivity contribution >= 4 is 17.7 Å². The molecule has 3 rings (SSSR count). The van der Waals surface area contributed by atoms with Gasteiger partial charge in [0.2, 0.25) is 0 Å². The molecule has 5 nitrogen and oxygen atoms in total. The summed E-state index contributed by atoms with van der Waals surface area (Å²) in [5.41, 5.74) is 4.14. The quantitative estimate of drug-likeness (QED) is 0.750. The molecule has 0 radical (unpaired) electrons. The maximum Gasteiger partial charge on any atom is 0.328 e. The predicted octanol–water partition coefficient (Wildman–Crippen LogP) is 3.42. The molecule has 0 unspecified atom stereocenters. The van der Waals surface area contributed by atoms with Crippen LogP contribution in [0.4, 0.5) is 0 Å². The fraction of sp³-hybridized carbons (Fsp3) is 0.111. The molecule has 0 fully saturated rings. The van der Waals surface area contributed by atoms with Gasteiger partial charge in [0, 0.05) is 17.3 Å². The highest BCUT2D eigenvalue weighted by molar-refractivity contribution is 5.87. The Morgan fingerprint density at radius 2 is 1.96 bits per heavy atom. The van der Waals surface area contributed by atoms with E-state index in [1.165, 1.54) is 0 Å². The van der Waals surface area contributed by atoms with Gasteiger partial charge in [0.1, 0.15) is 11.4 Å². The van der Waals surface area contributed by atoms with Gasteiger partial charge in [-0.1, -0.05) is 6.07 Å². The minimum Gasteiger partial charge on any atom is -0.497 e. The number of aliphatic carboxylic acids is 1. The number of carbonyl (C=O) groups is 1. The summed E-state index contributed by atoms with van der Waals surface area (Å²) in [7, 11) is 1.62.